The molecule has 0 aliphatic rings. The van der Waals surface area contributed by atoms with Crippen LogP contribution in [0, 0.1) is 0 Å². The average molecular weight is 578 g/mol. The predicted molar refractivity (Wildman–Crippen MR) is 132 cm³/mol. The van der Waals surface area contributed by atoms with Crippen LogP contribution >= 0.6 is 23.7 Å². The van der Waals surface area contributed by atoms with Gasteiger partial charge in [0.1, 0.15) is 0 Å². The zero-order valence-electron chi connectivity index (χ0n) is 18.6. The standard InChI is InChI=1S/C20H27O4P2.2CH3.ClH.Sn/c1-16(2)23-26(22,24-17(3)4)18(5)25(21,19-12-8-6-9-13-19)20-14-10-7-11-15-20;;;;/h6-18H,5H2,1-4H3;2*1H3;1H;/q;;;;+1/p-1. The van der Waals surface area contributed by atoms with E-state index in [0.29, 0.717) is 15.0 Å². The van der Waals surface area contributed by atoms with Crippen LogP contribution in [0.4, 0.5) is 0 Å². The fourth-order valence-electron chi connectivity index (χ4n) is 3.42. The van der Waals surface area contributed by atoms with Gasteiger partial charge in [0, 0.05) is 0 Å². The molecule has 0 aromatic heterocycles. The van der Waals surface area contributed by atoms with Gasteiger partial charge in [0.15, 0.2) is 0 Å². The SMILES string of the molecule is CC(C)OP(=O)(OC(C)C)C([CH2][Sn]([CH3])([CH3])[Cl])P(=O)(c1ccccc1)c1ccccc1. The first-order valence-corrected chi connectivity index (χ1v) is 25.0. The van der Waals surface area contributed by atoms with Crippen LogP contribution in [0.15, 0.2) is 60.7 Å². The number of hydrogen-bond acceptors (Lipinski definition) is 4. The summed E-state index contributed by atoms with van der Waals surface area (Å²) >= 11 is -3.15. The van der Waals surface area contributed by atoms with Gasteiger partial charge in [0.05, 0.1) is 0 Å². The molecule has 0 bridgehead atoms. The topological polar surface area (TPSA) is 52.6 Å². The Morgan fingerprint density at radius 3 is 1.47 bits per heavy atom. The second-order valence-corrected chi connectivity index (χ2v) is 31.9. The third-order valence-electron chi connectivity index (χ3n) is 4.45. The van der Waals surface area contributed by atoms with Crippen molar-refractivity contribution in [2.24, 2.45) is 0 Å². The molecule has 0 spiro atoms. The molecular weight excluding hydrogens is 544 g/mol. The molecule has 1 atom stereocenters. The summed E-state index contributed by atoms with van der Waals surface area (Å²) in [6.07, 6.45) is -0.684. The second-order valence-electron chi connectivity index (χ2n) is 8.58. The van der Waals surface area contributed by atoms with E-state index in [1.165, 1.54) is 0 Å². The Hall–Kier alpha value is -0.0913. The van der Waals surface area contributed by atoms with E-state index in [0.717, 1.165) is 0 Å². The molecule has 2 aromatic rings. The molecule has 0 fully saturated rings. The summed E-state index contributed by atoms with van der Waals surface area (Å²) in [6.45, 7) is 7.27. The van der Waals surface area contributed by atoms with Crippen LogP contribution in [0.25, 0.3) is 0 Å². The molecule has 166 valence electrons. The minimum absolute atomic E-state index is 0.342. The van der Waals surface area contributed by atoms with Gasteiger partial charge in [0.2, 0.25) is 0 Å². The van der Waals surface area contributed by atoms with Crippen LogP contribution in [-0.4, -0.2) is 34.9 Å². The van der Waals surface area contributed by atoms with E-state index in [1.807, 2.05) is 98.2 Å². The minimum atomic E-state index is -3.79. The Kier molecular flexibility index (Phi) is 9.32. The van der Waals surface area contributed by atoms with Gasteiger partial charge in [-0.15, -0.1) is 0 Å². The van der Waals surface area contributed by atoms with E-state index in [2.05, 4.69) is 0 Å². The molecular formula is C22H33ClO4P2Sn. The van der Waals surface area contributed by atoms with Crippen molar-refractivity contribution < 1.29 is 18.2 Å². The summed E-state index contributed by atoms with van der Waals surface area (Å²) < 4.78 is 41.8. The van der Waals surface area contributed by atoms with Crippen LogP contribution in [0.3, 0.4) is 0 Å². The van der Waals surface area contributed by atoms with Crippen molar-refractivity contribution in [3.63, 3.8) is 0 Å². The van der Waals surface area contributed by atoms with Gasteiger partial charge < -0.3 is 0 Å². The Bertz CT molecular complexity index is 841. The van der Waals surface area contributed by atoms with E-state index < -0.39 is 37.4 Å². The number of rotatable bonds is 10. The van der Waals surface area contributed by atoms with E-state index in [4.69, 9.17) is 18.0 Å². The van der Waals surface area contributed by atoms with Crippen LogP contribution < -0.4 is 10.6 Å². The van der Waals surface area contributed by atoms with Crippen LogP contribution in [0.2, 0.25) is 14.3 Å². The maximum absolute atomic E-state index is 15.0. The molecule has 0 N–H and O–H groups in total. The Balaban J connectivity index is 2.83. The average Bonchev–Trinajstić information content (AvgIpc) is 2.65. The van der Waals surface area contributed by atoms with E-state index in [9.17, 15) is 4.57 Å². The van der Waals surface area contributed by atoms with E-state index in [1.54, 1.807) is 0 Å². The van der Waals surface area contributed by atoms with Gasteiger partial charge in [-0.05, 0) is 0 Å². The number of benzene rings is 2. The third-order valence-corrected chi connectivity index (χ3v) is 18.7. The molecule has 1 unspecified atom stereocenters. The number of halogens is 1. The number of hydrogen-bond donors (Lipinski definition) is 0. The molecule has 8 heteroatoms. The Morgan fingerprint density at radius 2 is 1.17 bits per heavy atom. The van der Waals surface area contributed by atoms with Gasteiger partial charge in [-0.1, -0.05) is 0 Å². The van der Waals surface area contributed by atoms with Crippen molar-refractivity contribution in [2.75, 3.05) is 0 Å². The third kappa shape index (κ3) is 6.70. The van der Waals surface area contributed by atoms with Crippen molar-refractivity contribution in [1.82, 2.24) is 0 Å². The Labute approximate surface area is 189 Å². The summed E-state index contributed by atoms with van der Waals surface area (Å²) in [6, 6.07) is 18.5. The van der Waals surface area contributed by atoms with E-state index in [-0.39, 0.29) is 12.2 Å². The molecule has 0 aliphatic heterocycles. The van der Waals surface area contributed by atoms with Gasteiger partial charge in [-0.25, -0.2) is 0 Å². The summed E-state index contributed by atoms with van der Waals surface area (Å²) in [4.78, 5) is 4.08. The molecule has 0 saturated carbocycles. The van der Waals surface area contributed by atoms with Crippen LogP contribution in [0.5, 0.6) is 0 Å². The van der Waals surface area contributed by atoms with Crippen molar-refractivity contribution in [3.8, 4) is 0 Å². The summed E-state index contributed by atoms with van der Waals surface area (Å²) in [5, 5.41) is 0.463. The monoisotopic (exact) mass is 578 g/mol. The van der Waals surface area contributed by atoms with Crippen LogP contribution in [0.1, 0.15) is 27.7 Å². The molecule has 30 heavy (non-hydrogen) atoms. The van der Waals surface area contributed by atoms with Gasteiger partial charge in [0.25, 0.3) is 0 Å². The first-order chi connectivity index (χ1) is 13.9. The van der Waals surface area contributed by atoms with Gasteiger partial charge in [-0.3, -0.25) is 0 Å². The summed E-state index contributed by atoms with van der Waals surface area (Å²) in [7, 11) is -0.351. The van der Waals surface area contributed by atoms with Crippen LogP contribution in [-0.2, 0) is 18.2 Å². The zero-order chi connectivity index (χ0) is 22.6. The zero-order valence-corrected chi connectivity index (χ0v) is 24.0. The molecule has 0 amide bonds. The normalized spacial score (nSPS) is 14.3. The molecule has 2 rings (SSSR count). The van der Waals surface area contributed by atoms with Gasteiger partial charge in [-0.2, -0.15) is 0 Å². The molecule has 0 radical (unpaired) electrons. The van der Waals surface area contributed by atoms with Gasteiger partial charge >= 0.3 is 190 Å². The van der Waals surface area contributed by atoms with Crippen molar-refractivity contribution >= 4 is 51.5 Å². The first-order valence-electron chi connectivity index (χ1n) is 10.2. The summed E-state index contributed by atoms with van der Waals surface area (Å²) in [5.41, 5.74) is 0. The predicted octanol–water partition coefficient (Wildman–Crippen LogP) is 6.81. The molecule has 2 aromatic carbocycles. The second kappa shape index (κ2) is 10.7. The van der Waals surface area contributed by atoms with Crippen molar-refractivity contribution in [3.05, 3.63) is 60.7 Å². The molecule has 0 heterocycles. The molecule has 0 aliphatic carbocycles. The fraction of sp³-hybridized carbons (Fsp3) is 0.455. The molecule has 0 saturated heterocycles. The quantitative estimate of drug-likeness (QED) is 0.230. The van der Waals surface area contributed by atoms with E-state index >= 15 is 4.57 Å². The van der Waals surface area contributed by atoms with Crippen molar-refractivity contribution in [2.45, 2.75) is 59.6 Å². The fourth-order valence-corrected chi connectivity index (χ4v) is 25.5. The summed E-state index contributed by atoms with van der Waals surface area (Å²) in [5.74, 6) is 0. The molecule has 4 nitrogen and oxygen atoms in total. The van der Waals surface area contributed by atoms with Crippen molar-refractivity contribution in [1.29, 1.82) is 0 Å². The maximum atomic E-state index is 15.0. The first kappa shape index (κ1) is 26.2. The Morgan fingerprint density at radius 1 is 0.800 bits per heavy atom.